The molecular weight excluding hydrogens is 402 g/mol. The molecule has 0 fully saturated rings. The van der Waals surface area contributed by atoms with Gasteiger partial charge in [0, 0.05) is 0 Å². The van der Waals surface area contributed by atoms with Gasteiger partial charge in [0.1, 0.15) is 17.5 Å². The number of carbonyl (C=O) groups excluding carboxylic acids is 3. The van der Waals surface area contributed by atoms with Crippen molar-refractivity contribution in [3.63, 3.8) is 0 Å². The zero-order chi connectivity index (χ0) is 22.9. The van der Waals surface area contributed by atoms with Crippen LogP contribution in [0.25, 0.3) is 0 Å². The fraction of sp³-hybridized carbons (Fsp3) is 0.304. The quantitative estimate of drug-likeness (QED) is 0.412. The Morgan fingerprint density at radius 2 is 1.55 bits per heavy atom. The third kappa shape index (κ3) is 4.14. The number of ether oxygens (including phenoxy) is 2. The zero-order valence-electron chi connectivity index (χ0n) is 17.7. The molecule has 31 heavy (non-hydrogen) atoms. The van der Waals surface area contributed by atoms with Crippen molar-refractivity contribution in [2.45, 2.75) is 33.2 Å². The predicted octanol–water partition coefficient (Wildman–Crippen LogP) is 2.99. The molecule has 2 amide bonds. The number of fused-ring (bicyclic) bond motifs is 1. The lowest BCUT2D eigenvalue weighted by atomic mass is 9.96. The summed E-state index contributed by atoms with van der Waals surface area (Å²) in [5.41, 5.74) is 1.68. The van der Waals surface area contributed by atoms with Crippen LogP contribution in [0, 0.1) is 19.8 Å². The van der Waals surface area contributed by atoms with E-state index in [1.165, 1.54) is 26.2 Å². The number of methoxy groups -OCH3 is 1. The minimum atomic E-state index is -1.50. The highest BCUT2D eigenvalue weighted by atomic mass is 16.5. The van der Waals surface area contributed by atoms with Crippen LogP contribution in [0.15, 0.2) is 36.4 Å². The minimum absolute atomic E-state index is 0.151. The van der Waals surface area contributed by atoms with E-state index in [1.54, 1.807) is 38.1 Å². The Hall–Kier alpha value is -3.68. The monoisotopic (exact) mass is 425 g/mol. The number of carboxylic acid groups (broad SMARTS) is 1. The second-order valence-electron chi connectivity index (χ2n) is 7.55. The fourth-order valence-corrected chi connectivity index (χ4v) is 3.79. The van der Waals surface area contributed by atoms with Gasteiger partial charge < -0.3 is 14.6 Å². The summed E-state index contributed by atoms with van der Waals surface area (Å²) < 4.78 is 10.7. The molecule has 162 valence electrons. The molecule has 0 spiro atoms. The van der Waals surface area contributed by atoms with Crippen LogP contribution < -0.4 is 9.47 Å². The summed E-state index contributed by atoms with van der Waals surface area (Å²) in [6.45, 7) is 5.03. The van der Waals surface area contributed by atoms with Gasteiger partial charge in [-0.15, -0.1) is 0 Å². The van der Waals surface area contributed by atoms with Crippen molar-refractivity contribution in [2.75, 3.05) is 7.11 Å². The molecule has 1 aliphatic heterocycles. The highest BCUT2D eigenvalue weighted by Crippen LogP contribution is 2.31. The van der Waals surface area contributed by atoms with Crippen LogP contribution in [0.4, 0.5) is 0 Å². The third-order valence-electron chi connectivity index (χ3n) is 5.27. The van der Waals surface area contributed by atoms with Gasteiger partial charge in [0.25, 0.3) is 11.8 Å². The highest BCUT2D eigenvalue weighted by Gasteiger charge is 2.45. The number of aryl methyl sites for hydroxylation is 2. The largest absolute Gasteiger partial charge is 0.497 e. The fourth-order valence-electron chi connectivity index (χ4n) is 3.79. The number of carboxylic acids is 1. The summed E-state index contributed by atoms with van der Waals surface area (Å²) >= 11 is 0. The zero-order valence-corrected chi connectivity index (χ0v) is 17.7. The molecule has 0 bridgehead atoms. The van der Waals surface area contributed by atoms with Crippen LogP contribution in [-0.4, -0.2) is 46.9 Å². The highest BCUT2D eigenvalue weighted by molar-refractivity contribution is 6.22. The second-order valence-corrected chi connectivity index (χ2v) is 7.55. The molecular formula is C23H23NO7. The van der Waals surface area contributed by atoms with E-state index in [0.717, 1.165) is 4.90 Å². The molecule has 8 nitrogen and oxygen atoms in total. The number of esters is 1. The Morgan fingerprint density at radius 1 is 1.03 bits per heavy atom. The lowest BCUT2D eigenvalue weighted by Gasteiger charge is -2.27. The molecule has 8 heteroatoms. The van der Waals surface area contributed by atoms with Gasteiger partial charge in [0.2, 0.25) is 0 Å². The van der Waals surface area contributed by atoms with Crippen LogP contribution in [0.1, 0.15) is 45.2 Å². The number of rotatable bonds is 7. The summed E-state index contributed by atoms with van der Waals surface area (Å²) in [6.07, 6.45) is -0.296. The average Bonchev–Trinajstić information content (AvgIpc) is 2.96. The standard InChI is InChI=1S/C23H23NO7/c1-12(11-18(25)31-20-13(2)9-15(30-4)10-14(20)3)19(23(28)29)24-21(26)16-7-5-6-8-17(16)22(24)27/h5-10,12,19H,11H2,1-4H3,(H,28,29). The molecule has 2 unspecified atom stereocenters. The van der Waals surface area contributed by atoms with Crippen molar-refractivity contribution in [2.24, 2.45) is 5.92 Å². The van der Waals surface area contributed by atoms with E-state index in [2.05, 4.69) is 0 Å². The van der Waals surface area contributed by atoms with Crippen molar-refractivity contribution in [1.29, 1.82) is 0 Å². The number of hydrogen-bond donors (Lipinski definition) is 1. The van der Waals surface area contributed by atoms with Crippen LogP contribution in [0.2, 0.25) is 0 Å². The van der Waals surface area contributed by atoms with E-state index in [-0.39, 0.29) is 17.5 Å². The molecule has 1 aliphatic rings. The first-order chi connectivity index (χ1) is 14.6. The number of nitrogens with zero attached hydrogens (tertiary/aromatic N) is 1. The van der Waals surface area contributed by atoms with Gasteiger partial charge in [-0.05, 0) is 55.2 Å². The lowest BCUT2D eigenvalue weighted by Crippen LogP contribution is -2.49. The second kappa shape index (κ2) is 8.59. The van der Waals surface area contributed by atoms with Crippen molar-refractivity contribution < 1.29 is 33.8 Å². The van der Waals surface area contributed by atoms with Gasteiger partial charge in [0.05, 0.1) is 24.7 Å². The first kappa shape index (κ1) is 22.0. The average molecular weight is 425 g/mol. The lowest BCUT2D eigenvalue weighted by molar-refractivity contribution is -0.144. The molecule has 3 rings (SSSR count). The van der Waals surface area contributed by atoms with Crippen LogP contribution in [0.5, 0.6) is 11.5 Å². The normalized spacial score (nSPS) is 14.8. The molecule has 0 aliphatic carbocycles. The molecule has 0 saturated heterocycles. The number of aliphatic carboxylic acids is 1. The SMILES string of the molecule is COc1cc(C)c(OC(=O)CC(C)C(C(=O)O)N2C(=O)c3ccccc3C2=O)c(C)c1. The first-order valence-electron chi connectivity index (χ1n) is 9.71. The van der Waals surface area contributed by atoms with Gasteiger partial charge in [-0.2, -0.15) is 0 Å². The maximum absolute atomic E-state index is 12.7. The third-order valence-corrected chi connectivity index (χ3v) is 5.27. The number of hydrogen-bond acceptors (Lipinski definition) is 6. The van der Waals surface area contributed by atoms with Gasteiger partial charge in [0.15, 0.2) is 0 Å². The van der Waals surface area contributed by atoms with Crippen molar-refractivity contribution >= 4 is 23.8 Å². The first-order valence-corrected chi connectivity index (χ1v) is 9.71. The number of carbonyl (C=O) groups is 4. The smallest absolute Gasteiger partial charge is 0.327 e. The Labute approximate surface area is 179 Å². The van der Waals surface area contributed by atoms with Crippen LogP contribution in [0.3, 0.4) is 0 Å². The molecule has 0 saturated carbocycles. The summed E-state index contributed by atoms with van der Waals surface area (Å²) in [5, 5.41) is 9.76. The van der Waals surface area contributed by atoms with E-state index >= 15 is 0 Å². The van der Waals surface area contributed by atoms with E-state index in [9.17, 15) is 24.3 Å². The summed E-state index contributed by atoms with van der Waals surface area (Å²) in [5.74, 6) is -3.28. The molecule has 1 heterocycles. The summed E-state index contributed by atoms with van der Waals surface area (Å²) in [7, 11) is 1.53. The molecule has 1 N–H and O–H groups in total. The Balaban J connectivity index is 1.79. The van der Waals surface area contributed by atoms with E-state index < -0.39 is 35.7 Å². The van der Waals surface area contributed by atoms with E-state index in [0.29, 0.717) is 22.6 Å². The Morgan fingerprint density at radius 3 is 2.00 bits per heavy atom. The topological polar surface area (TPSA) is 110 Å². The predicted molar refractivity (Wildman–Crippen MR) is 110 cm³/mol. The van der Waals surface area contributed by atoms with Crippen molar-refractivity contribution in [3.05, 3.63) is 58.7 Å². The van der Waals surface area contributed by atoms with Crippen molar-refractivity contribution in [1.82, 2.24) is 4.90 Å². The Bertz CT molecular complexity index is 1020. The summed E-state index contributed by atoms with van der Waals surface area (Å²) in [4.78, 5) is 50.7. The number of benzene rings is 2. The maximum Gasteiger partial charge on any atom is 0.327 e. The molecule has 2 aromatic carbocycles. The van der Waals surface area contributed by atoms with Gasteiger partial charge in [-0.25, -0.2) is 4.79 Å². The van der Waals surface area contributed by atoms with E-state index in [4.69, 9.17) is 9.47 Å². The minimum Gasteiger partial charge on any atom is -0.497 e. The number of amides is 2. The van der Waals surface area contributed by atoms with Crippen LogP contribution in [-0.2, 0) is 9.59 Å². The maximum atomic E-state index is 12.7. The molecule has 0 radical (unpaired) electrons. The molecule has 0 aromatic heterocycles. The van der Waals surface area contributed by atoms with Gasteiger partial charge >= 0.3 is 11.9 Å². The number of imide groups is 1. The summed E-state index contributed by atoms with van der Waals surface area (Å²) in [6, 6.07) is 8.09. The van der Waals surface area contributed by atoms with Gasteiger partial charge in [-0.1, -0.05) is 19.1 Å². The van der Waals surface area contributed by atoms with Crippen LogP contribution >= 0.6 is 0 Å². The van der Waals surface area contributed by atoms with E-state index in [1.807, 2.05) is 0 Å². The Kier molecular flexibility index (Phi) is 6.10. The molecule has 2 aromatic rings. The molecule has 2 atom stereocenters. The van der Waals surface area contributed by atoms with Crippen molar-refractivity contribution in [3.8, 4) is 11.5 Å². The van der Waals surface area contributed by atoms with Gasteiger partial charge in [-0.3, -0.25) is 19.3 Å².